The van der Waals surface area contributed by atoms with Gasteiger partial charge in [-0.2, -0.15) is 0 Å². The van der Waals surface area contributed by atoms with Crippen LogP contribution < -0.4 is 0 Å². The van der Waals surface area contributed by atoms with Crippen molar-refractivity contribution in [2.24, 2.45) is 88.8 Å². The summed E-state index contributed by atoms with van der Waals surface area (Å²) in [4.78, 5) is 63.6. The van der Waals surface area contributed by atoms with Gasteiger partial charge in [0.2, 0.25) is 0 Å². The molecule has 10 bridgehead atoms. The van der Waals surface area contributed by atoms with Crippen LogP contribution in [0.1, 0.15) is 366 Å². The molecule has 0 aromatic heterocycles. The van der Waals surface area contributed by atoms with E-state index in [4.69, 9.17) is 71.1 Å². The van der Waals surface area contributed by atoms with Crippen LogP contribution >= 0.6 is 0 Å². The van der Waals surface area contributed by atoms with Gasteiger partial charge in [-0.3, -0.25) is 24.0 Å². The van der Waals surface area contributed by atoms with Gasteiger partial charge < -0.3 is 81.3 Å². The summed E-state index contributed by atoms with van der Waals surface area (Å²) in [7, 11) is 0. The van der Waals surface area contributed by atoms with Crippen LogP contribution in [0, 0.1) is 88.8 Å². The quantitative estimate of drug-likeness (QED) is 0.0468. The fourth-order valence-electron chi connectivity index (χ4n) is 30.7. The van der Waals surface area contributed by atoms with Crippen molar-refractivity contribution < 1.29 is 105 Å². The van der Waals surface area contributed by atoms with Crippen molar-refractivity contribution in [3.63, 3.8) is 0 Å². The third-order valence-corrected chi connectivity index (χ3v) is 36.2. The van der Waals surface area contributed by atoms with E-state index in [1.165, 1.54) is 51.9 Å². The second kappa shape index (κ2) is 40.0. The van der Waals surface area contributed by atoms with E-state index in [2.05, 4.69) is 76.2 Å². The maximum atomic E-state index is 13.2. The Bertz CT molecular complexity index is 3520. The predicted molar refractivity (Wildman–Crippen MR) is 465 cm³/mol. The smallest absolute Gasteiger partial charge is 0.310 e. The summed E-state index contributed by atoms with van der Waals surface area (Å²) in [6, 6.07) is 0. The summed E-state index contributed by atoms with van der Waals surface area (Å²) in [5.74, 6) is 5.08. The molecule has 19 rings (SSSR count). The molecule has 6 aliphatic carbocycles. The van der Waals surface area contributed by atoms with Gasteiger partial charge in [0.05, 0.1) is 141 Å². The SMILES string of the molecule is CCC1OC(CC)C2C3OC(CC3C(CC(=O)OC3(CC)CCCC3)OC(C)=O)C12.CCC1OC(CC)C2C3OC(CC3C(CC(=O)OC3(CC)CCCC3)OC3CCCCO3)C12.CCC1OC(CC)C2C3OC(CC3CC(C)(O)CC(=O)OC3(C4CCCC4)CCCC3)C12.CCC1OC(CC)C2C3OC(CC3CC(O)CC(=O)OC3(C)CC4CCC3C4)C12. The molecular formula is C102H164O22. The number of esters is 5. The molecule has 704 valence electrons. The van der Waals surface area contributed by atoms with Gasteiger partial charge in [-0.15, -0.1) is 0 Å². The van der Waals surface area contributed by atoms with E-state index in [0.717, 1.165) is 205 Å². The first kappa shape index (κ1) is 94.1. The van der Waals surface area contributed by atoms with Gasteiger partial charge in [0.1, 0.15) is 28.5 Å². The number of aliphatic hydroxyl groups excluding tert-OH is 1. The van der Waals surface area contributed by atoms with Gasteiger partial charge in [0.15, 0.2) is 6.29 Å². The van der Waals surface area contributed by atoms with Gasteiger partial charge in [0.25, 0.3) is 0 Å². The first-order valence-electron chi connectivity index (χ1n) is 51.7. The van der Waals surface area contributed by atoms with Gasteiger partial charge in [-0.1, -0.05) is 82.1 Å². The molecule has 22 nitrogen and oxygen atoms in total. The second-order valence-corrected chi connectivity index (χ2v) is 43.6. The van der Waals surface area contributed by atoms with E-state index >= 15 is 0 Å². The molecule has 0 amide bonds. The Morgan fingerprint density at radius 1 is 0.427 bits per heavy atom. The molecule has 124 heavy (non-hydrogen) atoms. The fourth-order valence-corrected chi connectivity index (χ4v) is 30.7. The minimum atomic E-state index is -1.05. The molecule has 6 saturated carbocycles. The second-order valence-electron chi connectivity index (χ2n) is 43.6. The summed E-state index contributed by atoms with van der Waals surface area (Å²) in [5.41, 5.74) is -2.19. The van der Waals surface area contributed by atoms with Crippen molar-refractivity contribution >= 4 is 29.8 Å². The molecular weight excluding hydrogens is 1580 g/mol. The van der Waals surface area contributed by atoms with Crippen LogP contribution in [0.2, 0.25) is 0 Å². The Kier molecular flexibility index (Phi) is 30.3. The first-order valence-corrected chi connectivity index (χ1v) is 51.7. The first-order chi connectivity index (χ1) is 59.7. The molecule has 2 N–H and O–H groups in total. The van der Waals surface area contributed by atoms with E-state index in [0.29, 0.717) is 109 Å². The van der Waals surface area contributed by atoms with Crippen molar-refractivity contribution in [3.05, 3.63) is 0 Å². The Labute approximate surface area is 743 Å². The van der Waals surface area contributed by atoms with Crippen LogP contribution in [0.25, 0.3) is 0 Å². The number of carbonyl (C=O) groups is 5. The van der Waals surface area contributed by atoms with Crippen molar-refractivity contribution in [1.29, 1.82) is 0 Å². The molecule has 0 aromatic carbocycles. The highest BCUT2D eigenvalue weighted by atomic mass is 16.7. The Morgan fingerprint density at radius 2 is 0.847 bits per heavy atom. The molecule has 0 aromatic rings. The van der Waals surface area contributed by atoms with Gasteiger partial charge in [-0.25, -0.2) is 0 Å². The summed E-state index contributed by atoms with van der Waals surface area (Å²) >= 11 is 0. The van der Waals surface area contributed by atoms with E-state index < -0.39 is 17.8 Å². The summed E-state index contributed by atoms with van der Waals surface area (Å²) in [6.07, 6.45) is 42.7. The topological polar surface area (TPSA) is 264 Å². The van der Waals surface area contributed by atoms with E-state index in [1.54, 1.807) is 0 Å². The molecule has 19 aliphatic rings. The van der Waals surface area contributed by atoms with Crippen molar-refractivity contribution in [1.82, 2.24) is 0 Å². The molecule has 13 saturated heterocycles. The molecule has 13 heterocycles. The van der Waals surface area contributed by atoms with Crippen LogP contribution in [-0.4, -0.2) is 197 Å². The third kappa shape index (κ3) is 19.3. The number of aliphatic hydroxyl groups is 2. The number of fused-ring (bicyclic) bond motifs is 22. The standard InChI is InChI=1S/C27H44O6.C27H44O5.C24H38O6.C24H38O5/c1-4-18-24-21-15-17(26(32-21)25(24)19(5-2)30-18)20(31-23-11-7-10-14-29-23)16-22(28)33-27(6-3)12-8-9-13-27;1-4-19-23-21-14-17(25(31-21)24(23)20(5-2)30-19)15-26(3,29)16-22(28)32-27(12-8-9-13-27)18-10-6-7-11-18;1-5-16-21-19-12-15(23(29-19)22(21)17(6-2)28-16)18(27-14(4)25)13-20(26)30-24(7-3)10-8-9-11-24;1-4-17-21-19-10-14(23(28-19)22(21)18(5-2)27-17)9-16(25)11-20(26)29-24(3)12-13-6-7-15(24)8-13/h17-21,23-26H,4-16H2,1-3H3;17-21,23-25,29H,4-16H2,1-3H3;15-19,21-23H,5-13H2,1-4H3;13-19,21-23,25H,4-12H2,1-3H3. The maximum Gasteiger partial charge on any atom is 0.310 e. The van der Waals surface area contributed by atoms with Crippen LogP contribution in [0.15, 0.2) is 0 Å². The molecule has 22 heteroatoms. The van der Waals surface area contributed by atoms with Gasteiger partial charge in [-0.05, 0) is 281 Å². The summed E-state index contributed by atoms with van der Waals surface area (Å²) < 4.78 is 93.7. The zero-order valence-corrected chi connectivity index (χ0v) is 78.4. The lowest BCUT2D eigenvalue weighted by Crippen LogP contribution is -2.45. The molecule has 0 radical (unpaired) electrons. The van der Waals surface area contributed by atoms with Crippen LogP contribution in [0.4, 0.5) is 0 Å². The molecule has 36 atom stereocenters. The monoisotopic (exact) mass is 1740 g/mol. The largest absolute Gasteiger partial charge is 0.462 e. The number of rotatable bonds is 32. The summed E-state index contributed by atoms with van der Waals surface area (Å²) in [5, 5.41) is 21.9. The summed E-state index contributed by atoms with van der Waals surface area (Å²) in [6.45, 7) is 27.9. The van der Waals surface area contributed by atoms with Crippen molar-refractivity contribution in [2.75, 3.05) is 6.61 Å². The normalized spacial score (nSPS) is 43.7. The number of hydrogen-bond donors (Lipinski definition) is 2. The van der Waals surface area contributed by atoms with E-state index in [9.17, 15) is 34.2 Å². The molecule has 19 fully saturated rings. The van der Waals surface area contributed by atoms with Crippen molar-refractivity contribution in [2.45, 2.75) is 516 Å². The van der Waals surface area contributed by atoms with Gasteiger partial charge in [0, 0.05) is 72.7 Å². The fraction of sp³-hybridized carbons (Fsp3) is 0.951. The average Bonchev–Trinajstić information content (AvgIpc) is 1.56. The lowest BCUT2D eigenvalue weighted by molar-refractivity contribution is -0.209. The van der Waals surface area contributed by atoms with Crippen LogP contribution in [0.3, 0.4) is 0 Å². The predicted octanol–water partition coefficient (Wildman–Crippen LogP) is 18.4. The number of carbonyl (C=O) groups excluding carboxylic acids is 5. The molecule has 13 aliphatic heterocycles. The van der Waals surface area contributed by atoms with Crippen molar-refractivity contribution in [3.8, 4) is 0 Å². The minimum Gasteiger partial charge on any atom is -0.462 e. The lowest BCUT2D eigenvalue weighted by atomic mass is 9.68. The molecule has 0 spiro atoms. The highest BCUT2D eigenvalue weighted by Gasteiger charge is 2.68. The molecule has 36 unspecified atom stereocenters. The van der Waals surface area contributed by atoms with Gasteiger partial charge >= 0.3 is 29.8 Å². The van der Waals surface area contributed by atoms with E-state index in [-0.39, 0.29) is 175 Å². The average molecular weight is 1740 g/mol. The highest BCUT2D eigenvalue weighted by Crippen LogP contribution is 2.62. The zero-order chi connectivity index (χ0) is 87.3. The number of hydrogen-bond acceptors (Lipinski definition) is 22. The Balaban J connectivity index is 0.000000122. The zero-order valence-electron chi connectivity index (χ0n) is 78.4. The highest BCUT2D eigenvalue weighted by molar-refractivity contribution is 5.73. The number of ether oxygens (including phenoxy) is 15. The van der Waals surface area contributed by atoms with Crippen LogP contribution in [-0.2, 0) is 95.0 Å². The van der Waals surface area contributed by atoms with E-state index in [1.807, 2.05) is 6.92 Å². The Hall–Kier alpha value is -3.13. The minimum absolute atomic E-state index is 0.00901. The maximum absolute atomic E-state index is 13.2. The lowest BCUT2D eigenvalue weighted by Gasteiger charge is -2.37. The third-order valence-electron chi connectivity index (χ3n) is 36.2. The Morgan fingerprint density at radius 3 is 1.29 bits per heavy atom. The van der Waals surface area contributed by atoms with Crippen LogP contribution in [0.5, 0.6) is 0 Å².